The lowest BCUT2D eigenvalue weighted by atomic mass is 9.96. The zero-order valence-electron chi connectivity index (χ0n) is 31.0. The third-order valence-corrected chi connectivity index (χ3v) is 11.5. The third-order valence-electron chi connectivity index (χ3n) is 8.90. The fourth-order valence-corrected chi connectivity index (χ4v) is 8.41. The van der Waals surface area contributed by atoms with Gasteiger partial charge in [-0.1, -0.05) is 44.0 Å². The highest BCUT2D eigenvalue weighted by Gasteiger charge is 2.28. The molecule has 0 fully saturated rings. The first-order valence-corrected chi connectivity index (χ1v) is 19.4. The van der Waals surface area contributed by atoms with Crippen LogP contribution < -0.4 is 30.2 Å². The predicted molar refractivity (Wildman–Crippen MR) is 213 cm³/mol. The molecule has 0 bridgehead atoms. The first kappa shape index (κ1) is 39.9. The summed E-state index contributed by atoms with van der Waals surface area (Å²) >= 11 is 2.81. The molecule has 1 aromatic heterocycles. The van der Waals surface area contributed by atoms with Gasteiger partial charge in [0, 0.05) is 32.7 Å². The molecule has 3 amide bonds. The number of thiophene rings is 1. The van der Waals surface area contributed by atoms with Gasteiger partial charge in [0.1, 0.15) is 16.4 Å². The van der Waals surface area contributed by atoms with Gasteiger partial charge in [-0.05, 0) is 80.1 Å². The van der Waals surface area contributed by atoms with Gasteiger partial charge < -0.3 is 34.9 Å². The summed E-state index contributed by atoms with van der Waals surface area (Å²) in [6.45, 7) is 1.92. The lowest BCUT2D eigenvalue weighted by Gasteiger charge is -2.16. The molecule has 54 heavy (non-hydrogen) atoms. The number of nitrogens with one attached hydrogen (secondary N) is 3. The largest absolute Gasteiger partial charge is 0.496 e. The fraction of sp³-hybridized carbons (Fsp3) is 0.317. The molecule has 1 unspecified atom stereocenters. The number of fused-ring (bicyclic) bond motifs is 1. The van der Waals surface area contributed by atoms with Crippen molar-refractivity contribution < 1.29 is 38.1 Å². The zero-order chi connectivity index (χ0) is 38.6. The number of carbonyl (C=O) groups is 4. The number of rotatable bonds is 14. The smallest absolute Gasteiger partial charge is 0.341 e. The van der Waals surface area contributed by atoms with Gasteiger partial charge in [-0.25, -0.2) is 4.79 Å². The molecule has 1 atom stereocenters. The Labute approximate surface area is 323 Å². The van der Waals surface area contributed by atoms with Crippen molar-refractivity contribution in [2.24, 2.45) is 0 Å². The number of anilines is 2. The summed E-state index contributed by atoms with van der Waals surface area (Å²) in [5.41, 5.74) is 2.68. The van der Waals surface area contributed by atoms with Crippen LogP contribution in [-0.4, -0.2) is 57.4 Å². The van der Waals surface area contributed by atoms with Crippen molar-refractivity contribution in [2.75, 3.05) is 39.1 Å². The normalized spacial score (nSPS) is 13.3. The second kappa shape index (κ2) is 19.2. The van der Waals surface area contributed by atoms with Crippen LogP contribution in [0.25, 0.3) is 6.08 Å². The topological polar surface area (TPSA) is 141 Å². The number of thioether (sulfide) groups is 1. The molecule has 1 aliphatic rings. The number of aryl methyl sites for hydroxylation is 1. The SMILES string of the molecule is CCC(Sc1cccc(NC(=O)/C(=C\c2cc(OC)c(OC)cc2OC)NC(=O)c2ccccc2)c1)C(=O)Nc1sc2c(c1C(=O)OC)CCCCCC2. The van der Waals surface area contributed by atoms with Gasteiger partial charge in [0.25, 0.3) is 11.8 Å². The van der Waals surface area contributed by atoms with Crippen molar-refractivity contribution in [3.05, 3.63) is 99.6 Å². The molecule has 0 spiro atoms. The lowest BCUT2D eigenvalue weighted by molar-refractivity contribution is -0.116. The quantitative estimate of drug-likeness (QED) is 0.0658. The maximum atomic E-state index is 13.9. The highest BCUT2D eigenvalue weighted by molar-refractivity contribution is 8.00. The van der Waals surface area contributed by atoms with Crippen molar-refractivity contribution in [2.45, 2.75) is 62.0 Å². The van der Waals surface area contributed by atoms with Crippen LogP contribution in [0.3, 0.4) is 0 Å². The van der Waals surface area contributed by atoms with E-state index in [2.05, 4.69) is 16.0 Å². The van der Waals surface area contributed by atoms with Crippen LogP contribution in [0.5, 0.6) is 17.2 Å². The molecule has 5 rings (SSSR count). The Morgan fingerprint density at radius 3 is 2.20 bits per heavy atom. The standard InChI is InChI=1S/C41H45N3O8S2/c1-6-34(39(47)44-40-36(41(48)52-5)29-19-12-7-8-13-20-35(29)54-40)53-28-18-14-17-27(23-28)42-38(46)30(43-37(45)25-15-10-9-11-16-25)21-26-22-32(50-3)33(51-4)24-31(26)49-2/h9-11,14-18,21-24,34H,6-8,12-13,19-20H2,1-5H3,(H,42,46)(H,43,45)(H,44,47)/b30-21+. The molecule has 3 N–H and O–H groups in total. The van der Waals surface area contributed by atoms with Crippen LogP contribution in [0.4, 0.5) is 10.7 Å². The minimum Gasteiger partial charge on any atom is -0.496 e. The molecule has 0 radical (unpaired) electrons. The Morgan fingerprint density at radius 1 is 0.815 bits per heavy atom. The minimum atomic E-state index is -0.591. The molecule has 0 aliphatic heterocycles. The molecule has 11 nitrogen and oxygen atoms in total. The monoisotopic (exact) mass is 771 g/mol. The average Bonchev–Trinajstić information content (AvgIpc) is 3.51. The molecular formula is C41H45N3O8S2. The second-order valence-electron chi connectivity index (χ2n) is 12.4. The molecule has 284 valence electrons. The number of methoxy groups -OCH3 is 4. The number of ether oxygens (including phenoxy) is 4. The van der Waals surface area contributed by atoms with Crippen molar-refractivity contribution in [3.8, 4) is 17.2 Å². The first-order chi connectivity index (χ1) is 26.2. The Bertz CT molecular complexity index is 2010. The number of hydrogen-bond donors (Lipinski definition) is 3. The maximum Gasteiger partial charge on any atom is 0.341 e. The number of carbonyl (C=O) groups excluding carboxylic acids is 4. The average molecular weight is 772 g/mol. The predicted octanol–water partition coefficient (Wildman–Crippen LogP) is 8.14. The number of esters is 1. The van der Waals surface area contributed by atoms with Crippen molar-refractivity contribution in [3.63, 3.8) is 0 Å². The zero-order valence-corrected chi connectivity index (χ0v) is 32.7. The van der Waals surface area contributed by atoms with Gasteiger partial charge in [0.05, 0.1) is 39.3 Å². The van der Waals surface area contributed by atoms with E-state index >= 15 is 0 Å². The van der Waals surface area contributed by atoms with Crippen molar-refractivity contribution in [1.29, 1.82) is 0 Å². The Kier molecular flexibility index (Phi) is 14.2. The molecule has 1 aliphatic carbocycles. The van der Waals surface area contributed by atoms with Crippen LogP contribution in [0.2, 0.25) is 0 Å². The van der Waals surface area contributed by atoms with E-state index in [1.165, 1.54) is 57.6 Å². The highest BCUT2D eigenvalue weighted by atomic mass is 32.2. The molecule has 1 heterocycles. The Hall–Kier alpha value is -5.27. The van der Waals surface area contributed by atoms with E-state index in [4.69, 9.17) is 18.9 Å². The van der Waals surface area contributed by atoms with Gasteiger partial charge in [0.2, 0.25) is 5.91 Å². The molecule has 13 heteroatoms. The number of amides is 3. The summed E-state index contributed by atoms with van der Waals surface area (Å²) in [7, 11) is 5.85. The van der Waals surface area contributed by atoms with E-state index in [1.807, 2.05) is 13.0 Å². The molecule has 0 saturated heterocycles. The molecule has 3 aromatic carbocycles. The van der Waals surface area contributed by atoms with Crippen LogP contribution in [0.1, 0.15) is 75.7 Å². The summed E-state index contributed by atoms with van der Waals surface area (Å²) in [5.74, 6) is -0.508. The van der Waals surface area contributed by atoms with Gasteiger partial charge >= 0.3 is 5.97 Å². The summed E-state index contributed by atoms with van der Waals surface area (Å²) in [4.78, 5) is 55.7. The van der Waals surface area contributed by atoms with E-state index in [1.54, 1.807) is 60.7 Å². The van der Waals surface area contributed by atoms with E-state index < -0.39 is 23.0 Å². The first-order valence-electron chi connectivity index (χ1n) is 17.7. The number of hydrogen-bond acceptors (Lipinski definition) is 10. The fourth-order valence-electron chi connectivity index (χ4n) is 6.11. The highest BCUT2D eigenvalue weighted by Crippen LogP contribution is 2.39. The van der Waals surface area contributed by atoms with Crippen LogP contribution >= 0.6 is 23.1 Å². The van der Waals surface area contributed by atoms with E-state index in [-0.39, 0.29) is 11.6 Å². The summed E-state index contributed by atoms with van der Waals surface area (Å²) in [6.07, 6.45) is 7.96. The van der Waals surface area contributed by atoms with Gasteiger partial charge in [-0.15, -0.1) is 23.1 Å². The van der Waals surface area contributed by atoms with E-state index in [9.17, 15) is 19.2 Å². The molecule has 0 saturated carbocycles. The summed E-state index contributed by atoms with van der Waals surface area (Å²) < 4.78 is 21.6. The Morgan fingerprint density at radius 2 is 1.52 bits per heavy atom. The molecule has 4 aromatic rings. The summed E-state index contributed by atoms with van der Waals surface area (Å²) in [5, 5.41) is 8.72. The minimum absolute atomic E-state index is 0.0512. The van der Waals surface area contributed by atoms with Crippen LogP contribution in [0, 0.1) is 0 Å². The van der Waals surface area contributed by atoms with Gasteiger partial charge in [-0.2, -0.15) is 0 Å². The lowest BCUT2D eigenvalue weighted by Crippen LogP contribution is -2.30. The van der Waals surface area contributed by atoms with Gasteiger partial charge in [-0.3, -0.25) is 14.4 Å². The maximum absolute atomic E-state index is 13.9. The Balaban J connectivity index is 1.38. The van der Waals surface area contributed by atoms with Gasteiger partial charge in [0.15, 0.2) is 11.5 Å². The van der Waals surface area contributed by atoms with E-state index in [0.717, 1.165) is 53.9 Å². The third kappa shape index (κ3) is 9.83. The van der Waals surface area contributed by atoms with Crippen molar-refractivity contribution in [1.82, 2.24) is 5.32 Å². The van der Waals surface area contributed by atoms with E-state index in [0.29, 0.717) is 51.0 Å². The summed E-state index contributed by atoms with van der Waals surface area (Å²) in [6, 6.07) is 19.0. The molecular weight excluding hydrogens is 727 g/mol. The van der Waals surface area contributed by atoms with Crippen molar-refractivity contribution >= 4 is 63.6 Å². The number of benzene rings is 3. The van der Waals surface area contributed by atoms with Crippen LogP contribution in [0.15, 0.2) is 77.3 Å². The van der Waals surface area contributed by atoms with Crippen LogP contribution in [-0.2, 0) is 27.2 Å². The second-order valence-corrected chi connectivity index (χ2v) is 14.8.